The van der Waals surface area contributed by atoms with Gasteiger partial charge < -0.3 is 19.4 Å². The highest BCUT2D eigenvalue weighted by Crippen LogP contribution is 2.40. The maximum Gasteiger partial charge on any atom is 0.279 e. The van der Waals surface area contributed by atoms with E-state index in [1.165, 1.54) is 11.8 Å². The molecule has 1 N–H and O–H groups in total. The number of amides is 1. The predicted molar refractivity (Wildman–Crippen MR) is 101 cm³/mol. The van der Waals surface area contributed by atoms with E-state index in [0.29, 0.717) is 28.0 Å². The van der Waals surface area contributed by atoms with Gasteiger partial charge in [0.2, 0.25) is 5.91 Å². The highest BCUT2D eigenvalue weighted by molar-refractivity contribution is 7.99. The van der Waals surface area contributed by atoms with Crippen molar-refractivity contribution in [2.24, 2.45) is 7.05 Å². The lowest BCUT2D eigenvalue weighted by Crippen LogP contribution is -2.33. The van der Waals surface area contributed by atoms with E-state index in [-0.39, 0.29) is 17.9 Å². The molecule has 7 nitrogen and oxygen atoms in total. The summed E-state index contributed by atoms with van der Waals surface area (Å²) in [6, 6.07) is 5.38. The Morgan fingerprint density at radius 3 is 2.73 bits per heavy atom. The molecule has 0 unspecified atom stereocenters. The number of benzene rings is 1. The van der Waals surface area contributed by atoms with E-state index >= 15 is 0 Å². The molecule has 1 aromatic carbocycles. The summed E-state index contributed by atoms with van der Waals surface area (Å²) in [5.41, 5.74) is 0.923. The highest BCUT2D eigenvalue weighted by atomic mass is 32.2. The van der Waals surface area contributed by atoms with Crippen LogP contribution in [-0.2, 0) is 11.8 Å². The van der Waals surface area contributed by atoms with Crippen LogP contribution in [0.2, 0.25) is 0 Å². The molecule has 26 heavy (non-hydrogen) atoms. The first kappa shape index (κ1) is 18.3. The van der Waals surface area contributed by atoms with Crippen molar-refractivity contribution >= 4 is 23.5 Å². The SMILES string of the molecule is CCSc1nc(=O)c2c(n1C)NC(=O)C[C@H]2c1ccc(OC)cc1OC. The number of carbonyl (C=O) groups is 1. The van der Waals surface area contributed by atoms with Crippen LogP contribution in [0, 0.1) is 0 Å². The minimum atomic E-state index is -0.425. The molecule has 1 aliphatic heterocycles. The third-order valence-corrected chi connectivity index (χ3v) is 5.30. The third kappa shape index (κ3) is 3.16. The molecule has 8 heteroatoms. The highest BCUT2D eigenvalue weighted by Gasteiger charge is 2.33. The zero-order valence-corrected chi connectivity index (χ0v) is 16.0. The van der Waals surface area contributed by atoms with E-state index in [9.17, 15) is 9.59 Å². The minimum absolute atomic E-state index is 0.144. The molecule has 3 rings (SSSR count). The number of methoxy groups -OCH3 is 2. The van der Waals surface area contributed by atoms with Crippen molar-refractivity contribution in [1.29, 1.82) is 0 Å². The zero-order valence-electron chi connectivity index (χ0n) is 15.2. The largest absolute Gasteiger partial charge is 0.497 e. The summed E-state index contributed by atoms with van der Waals surface area (Å²) in [5.74, 6) is 1.93. The molecule has 0 spiro atoms. The summed E-state index contributed by atoms with van der Waals surface area (Å²) in [5, 5.41) is 3.42. The van der Waals surface area contributed by atoms with Gasteiger partial charge in [0, 0.05) is 31.0 Å². The van der Waals surface area contributed by atoms with Crippen LogP contribution in [0.25, 0.3) is 0 Å². The number of carbonyl (C=O) groups excluding carboxylic acids is 1. The first-order chi connectivity index (χ1) is 12.5. The van der Waals surface area contributed by atoms with Crippen LogP contribution >= 0.6 is 11.8 Å². The predicted octanol–water partition coefficient (Wildman–Crippen LogP) is 2.38. The number of fused-ring (bicyclic) bond motifs is 1. The average molecular weight is 375 g/mol. The molecule has 1 aliphatic rings. The number of thioether (sulfide) groups is 1. The molecule has 0 aliphatic carbocycles. The summed E-state index contributed by atoms with van der Waals surface area (Å²) in [4.78, 5) is 29.3. The van der Waals surface area contributed by atoms with Crippen molar-refractivity contribution in [2.75, 3.05) is 25.3 Å². The number of nitrogens with one attached hydrogen (secondary N) is 1. The fourth-order valence-electron chi connectivity index (χ4n) is 3.17. The van der Waals surface area contributed by atoms with E-state index in [4.69, 9.17) is 9.47 Å². The molecule has 1 amide bonds. The van der Waals surface area contributed by atoms with E-state index in [1.54, 1.807) is 38.0 Å². The summed E-state index contributed by atoms with van der Waals surface area (Å²) < 4.78 is 12.5. The van der Waals surface area contributed by atoms with Crippen molar-refractivity contribution in [3.63, 3.8) is 0 Å². The summed E-state index contributed by atoms with van der Waals surface area (Å²) in [6.07, 6.45) is 0.160. The Bertz CT molecular complexity index is 910. The van der Waals surface area contributed by atoms with Gasteiger partial charge >= 0.3 is 0 Å². The van der Waals surface area contributed by atoms with Gasteiger partial charge in [-0.1, -0.05) is 24.8 Å². The Morgan fingerprint density at radius 1 is 1.31 bits per heavy atom. The second-order valence-electron chi connectivity index (χ2n) is 5.87. The average Bonchev–Trinajstić information content (AvgIpc) is 2.64. The van der Waals surface area contributed by atoms with E-state index in [1.807, 2.05) is 13.0 Å². The fraction of sp³-hybridized carbons (Fsp3) is 0.389. The Hall–Kier alpha value is -2.48. The number of rotatable bonds is 5. The van der Waals surface area contributed by atoms with Gasteiger partial charge in [0.15, 0.2) is 5.16 Å². The Kier molecular flexibility index (Phi) is 5.22. The van der Waals surface area contributed by atoms with Gasteiger partial charge in [0.05, 0.1) is 19.8 Å². The van der Waals surface area contributed by atoms with Crippen molar-refractivity contribution < 1.29 is 14.3 Å². The Labute approximate surface area is 155 Å². The maximum atomic E-state index is 12.8. The number of hydrogen-bond donors (Lipinski definition) is 1. The van der Waals surface area contributed by atoms with Crippen LogP contribution in [0.5, 0.6) is 11.5 Å². The molecule has 2 aromatic rings. The van der Waals surface area contributed by atoms with Gasteiger partial charge in [0.1, 0.15) is 17.3 Å². The lowest BCUT2D eigenvalue weighted by Gasteiger charge is -2.28. The van der Waals surface area contributed by atoms with Crippen LogP contribution in [0.1, 0.15) is 30.4 Å². The first-order valence-electron chi connectivity index (χ1n) is 8.25. The molecular weight excluding hydrogens is 354 g/mol. The molecular formula is C18H21N3O4S. The summed E-state index contributed by atoms with van der Waals surface area (Å²) in [7, 11) is 4.93. The molecule has 0 bridgehead atoms. The second kappa shape index (κ2) is 7.41. The molecule has 138 valence electrons. The van der Waals surface area contributed by atoms with E-state index in [0.717, 1.165) is 11.3 Å². The van der Waals surface area contributed by atoms with Crippen LogP contribution in [-0.4, -0.2) is 35.4 Å². The minimum Gasteiger partial charge on any atom is -0.497 e. The molecule has 0 radical (unpaired) electrons. The van der Waals surface area contributed by atoms with Crippen LogP contribution in [0.4, 0.5) is 5.82 Å². The first-order valence-corrected chi connectivity index (χ1v) is 9.24. The number of ether oxygens (including phenoxy) is 2. The Balaban J connectivity index is 2.20. The lowest BCUT2D eigenvalue weighted by atomic mass is 9.86. The maximum absolute atomic E-state index is 12.8. The summed E-state index contributed by atoms with van der Waals surface area (Å²) >= 11 is 1.46. The van der Waals surface area contributed by atoms with Gasteiger partial charge in [-0.25, -0.2) is 0 Å². The number of nitrogens with zero attached hydrogens (tertiary/aromatic N) is 2. The standard InChI is InChI=1S/C18H21N3O4S/c1-5-26-18-20-17(23)15-12(9-14(22)19-16(15)21(18)2)11-7-6-10(24-3)8-13(11)25-4/h6-8,12H,5,9H2,1-4H3,(H,19,22)/t12-/m0/s1. The van der Waals surface area contributed by atoms with Crippen molar-refractivity contribution in [3.05, 3.63) is 39.7 Å². The number of anilines is 1. The normalized spacial score (nSPS) is 16.0. The van der Waals surface area contributed by atoms with Crippen LogP contribution < -0.4 is 20.3 Å². The smallest absolute Gasteiger partial charge is 0.279 e. The van der Waals surface area contributed by atoms with E-state index in [2.05, 4.69) is 10.3 Å². The molecule has 0 fully saturated rings. The van der Waals surface area contributed by atoms with E-state index < -0.39 is 5.92 Å². The monoisotopic (exact) mass is 375 g/mol. The molecule has 0 saturated heterocycles. The van der Waals surface area contributed by atoms with Gasteiger partial charge in [0.25, 0.3) is 5.56 Å². The molecule has 2 heterocycles. The van der Waals surface area contributed by atoms with Crippen molar-refractivity contribution in [1.82, 2.24) is 9.55 Å². The summed E-state index contributed by atoms with van der Waals surface area (Å²) in [6.45, 7) is 1.99. The van der Waals surface area contributed by atoms with Crippen LogP contribution in [0.3, 0.4) is 0 Å². The molecule has 0 saturated carbocycles. The second-order valence-corrected chi connectivity index (χ2v) is 7.10. The third-order valence-electron chi connectivity index (χ3n) is 4.39. The van der Waals surface area contributed by atoms with Gasteiger partial charge in [-0.3, -0.25) is 9.59 Å². The fourth-order valence-corrected chi connectivity index (χ4v) is 3.86. The Morgan fingerprint density at radius 2 is 2.08 bits per heavy atom. The van der Waals surface area contributed by atoms with Crippen molar-refractivity contribution in [3.8, 4) is 11.5 Å². The van der Waals surface area contributed by atoms with Gasteiger partial charge in [-0.05, 0) is 11.8 Å². The molecule has 1 aromatic heterocycles. The number of aromatic nitrogens is 2. The number of hydrogen-bond acceptors (Lipinski definition) is 6. The lowest BCUT2D eigenvalue weighted by molar-refractivity contribution is -0.116. The van der Waals surface area contributed by atoms with Gasteiger partial charge in [-0.15, -0.1) is 0 Å². The van der Waals surface area contributed by atoms with Gasteiger partial charge in [-0.2, -0.15) is 4.98 Å². The van der Waals surface area contributed by atoms with Crippen LogP contribution in [0.15, 0.2) is 28.2 Å². The molecule has 1 atom stereocenters. The van der Waals surface area contributed by atoms with Crippen molar-refractivity contribution in [2.45, 2.75) is 24.4 Å². The zero-order chi connectivity index (χ0) is 18.8. The quantitative estimate of drug-likeness (QED) is 0.638. The topological polar surface area (TPSA) is 82.5 Å².